The Balaban J connectivity index is 2.79. The Morgan fingerprint density at radius 3 is 2.54 bits per heavy atom. The molecule has 0 saturated heterocycles. The second-order valence-corrected chi connectivity index (χ2v) is 4.20. The fraction of sp³-hybridized carbons (Fsp3) is 0.556. The molecular formula is C9H10ClNO2. The minimum Gasteiger partial charge on any atom is -0.481 e. The summed E-state index contributed by atoms with van der Waals surface area (Å²) in [5.41, 5.74) is -0.275. The van der Waals surface area contributed by atoms with Crippen LogP contribution < -0.4 is 0 Å². The summed E-state index contributed by atoms with van der Waals surface area (Å²) in [5.74, 6) is -1.35. The lowest BCUT2D eigenvalue weighted by Gasteiger charge is -1.96. The van der Waals surface area contributed by atoms with Crippen LogP contribution in [-0.4, -0.2) is 11.1 Å². The predicted molar refractivity (Wildman–Crippen MR) is 47.9 cm³/mol. The number of hydrogen-bond acceptors (Lipinski definition) is 2. The summed E-state index contributed by atoms with van der Waals surface area (Å²) in [4.78, 5) is 10.7. The second kappa shape index (κ2) is 3.04. The first-order valence-corrected chi connectivity index (χ1v) is 4.29. The maximum Gasteiger partial charge on any atom is 0.307 e. The highest BCUT2D eigenvalue weighted by atomic mass is 35.5. The molecule has 0 aromatic carbocycles. The van der Waals surface area contributed by atoms with Crippen LogP contribution in [0.4, 0.5) is 0 Å². The number of allylic oxidation sites excluding steroid dienone is 2. The Morgan fingerprint density at radius 1 is 1.69 bits per heavy atom. The molecule has 1 aliphatic rings. The zero-order valence-electron chi connectivity index (χ0n) is 7.41. The molecule has 0 aromatic rings. The number of nitriles is 1. The van der Waals surface area contributed by atoms with E-state index in [9.17, 15) is 4.79 Å². The van der Waals surface area contributed by atoms with Crippen molar-refractivity contribution < 1.29 is 9.90 Å². The maximum atomic E-state index is 10.7. The van der Waals surface area contributed by atoms with Crippen molar-refractivity contribution in [3.63, 3.8) is 0 Å². The smallest absolute Gasteiger partial charge is 0.307 e. The van der Waals surface area contributed by atoms with Gasteiger partial charge < -0.3 is 5.11 Å². The van der Waals surface area contributed by atoms with Gasteiger partial charge in [0.2, 0.25) is 0 Å². The number of carboxylic acid groups (broad SMARTS) is 1. The lowest BCUT2D eigenvalue weighted by atomic mass is 10.1. The van der Waals surface area contributed by atoms with Gasteiger partial charge in [-0.3, -0.25) is 4.79 Å². The van der Waals surface area contributed by atoms with Crippen molar-refractivity contribution >= 4 is 17.6 Å². The van der Waals surface area contributed by atoms with E-state index in [-0.39, 0.29) is 16.4 Å². The van der Waals surface area contributed by atoms with Gasteiger partial charge in [0.05, 0.1) is 5.92 Å². The van der Waals surface area contributed by atoms with E-state index < -0.39 is 11.9 Å². The molecule has 1 aliphatic carbocycles. The summed E-state index contributed by atoms with van der Waals surface area (Å²) in [7, 11) is 0. The normalized spacial score (nSPS) is 30.8. The van der Waals surface area contributed by atoms with E-state index in [4.69, 9.17) is 22.0 Å². The number of aliphatic carboxylic acids is 1. The van der Waals surface area contributed by atoms with Crippen LogP contribution >= 0.6 is 11.6 Å². The number of carboxylic acids is 1. The number of carbonyl (C=O) groups is 1. The molecule has 1 rings (SSSR count). The van der Waals surface area contributed by atoms with E-state index in [1.807, 2.05) is 13.8 Å². The fourth-order valence-corrected chi connectivity index (χ4v) is 1.79. The third-order valence-corrected chi connectivity index (χ3v) is 2.82. The summed E-state index contributed by atoms with van der Waals surface area (Å²) < 4.78 is 0. The molecule has 0 unspecified atom stereocenters. The average molecular weight is 200 g/mol. The molecule has 1 fully saturated rings. The van der Waals surface area contributed by atoms with Crippen molar-refractivity contribution in [2.45, 2.75) is 13.8 Å². The minimum absolute atomic E-state index is 0.0711. The third kappa shape index (κ3) is 1.68. The van der Waals surface area contributed by atoms with E-state index in [0.717, 1.165) is 0 Å². The quantitative estimate of drug-likeness (QED) is 0.692. The molecule has 1 saturated carbocycles. The van der Waals surface area contributed by atoms with Gasteiger partial charge in [-0.1, -0.05) is 31.5 Å². The Bertz CT molecular complexity index is 314. The molecule has 0 bridgehead atoms. The highest BCUT2D eigenvalue weighted by Gasteiger charge is 2.61. The van der Waals surface area contributed by atoms with Crippen molar-refractivity contribution in [1.82, 2.24) is 0 Å². The zero-order valence-corrected chi connectivity index (χ0v) is 8.17. The van der Waals surface area contributed by atoms with Gasteiger partial charge in [-0.25, -0.2) is 0 Å². The van der Waals surface area contributed by atoms with Crippen LogP contribution in [0.2, 0.25) is 0 Å². The van der Waals surface area contributed by atoms with E-state index in [1.54, 1.807) is 6.07 Å². The lowest BCUT2D eigenvalue weighted by molar-refractivity contribution is -0.139. The number of halogens is 1. The monoisotopic (exact) mass is 199 g/mol. The molecule has 1 N–H and O–H groups in total. The van der Waals surface area contributed by atoms with Crippen LogP contribution in [0.15, 0.2) is 11.1 Å². The Labute approximate surface area is 81.6 Å². The zero-order chi connectivity index (χ0) is 10.2. The van der Waals surface area contributed by atoms with E-state index in [2.05, 4.69) is 0 Å². The first kappa shape index (κ1) is 10.1. The Kier molecular flexibility index (Phi) is 2.36. The van der Waals surface area contributed by atoms with Crippen molar-refractivity contribution in [2.75, 3.05) is 0 Å². The predicted octanol–water partition coefficient (Wildman–Crippen LogP) is 1.99. The Morgan fingerprint density at radius 2 is 2.23 bits per heavy atom. The minimum atomic E-state index is -0.825. The van der Waals surface area contributed by atoms with Crippen molar-refractivity contribution in [3.05, 3.63) is 11.1 Å². The molecule has 0 aliphatic heterocycles. The lowest BCUT2D eigenvalue weighted by Crippen LogP contribution is -2.02. The molecule has 2 atom stereocenters. The molecule has 0 spiro atoms. The van der Waals surface area contributed by atoms with E-state index in [0.29, 0.717) is 0 Å². The van der Waals surface area contributed by atoms with Gasteiger partial charge in [0.25, 0.3) is 0 Å². The first-order valence-electron chi connectivity index (χ1n) is 3.91. The van der Waals surface area contributed by atoms with Crippen molar-refractivity contribution in [2.24, 2.45) is 17.3 Å². The highest BCUT2D eigenvalue weighted by Crippen LogP contribution is 2.59. The van der Waals surface area contributed by atoms with E-state index in [1.165, 1.54) is 6.08 Å². The van der Waals surface area contributed by atoms with Gasteiger partial charge >= 0.3 is 5.97 Å². The molecule has 13 heavy (non-hydrogen) atoms. The first-order chi connectivity index (χ1) is 5.91. The van der Waals surface area contributed by atoms with Crippen molar-refractivity contribution in [3.8, 4) is 6.07 Å². The molecule has 0 heterocycles. The molecule has 0 radical (unpaired) electrons. The number of rotatable bonds is 2. The summed E-state index contributed by atoms with van der Waals surface area (Å²) in [6.45, 7) is 3.71. The summed E-state index contributed by atoms with van der Waals surface area (Å²) in [6, 6.07) is 1.77. The summed E-state index contributed by atoms with van der Waals surface area (Å²) in [5, 5.41) is 17.3. The van der Waals surface area contributed by atoms with Crippen LogP contribution in [0.25, 0.3) is 0 Å². The number of nitrogens with zero attached hydrogens (tertiary/aromatic N) is 1. The summed E-state index contributed by atoms with van der Waals surface area (Å²) in [6.07, 6.45) is 1.53. The molecule has 0 aromatic heterocycles. The van der Waals surface area contributed by atoms with Gasteiger partial charge in [0.1, 0.15) is 11.1 Å². The maximum absolute atomic E-state index is 10.7. The average Bonchev–Trinajstić information content (AvgIpc) is 2.53. The van der Waals surface area contributed by atoms with Crippen LogP contribution in [0.3, 0.4) is 0 Å². The van der Waals surface area contributed by atoms with Crippen LogP contribution in [0.1, 0.15) is 13.8 Å². The topological polar surface area (TPSA) is 61.1 Å². The van der Waals surface area contributed by atoms with Gasteiger partial charge in [-0.05, 0) is 11.3 Å². The van der Waals surface area contributed by atoms with E-state index >= 15 is 0 Å². The van der Waals surface area contributed by atoms with Crippen LogP contribution in [-0.2, 0) is 4.79 Å². The van der Waals surface area contributed by atoms with Gasteiger partial charge in [0, 0.05) is 0 Å². The van der Waals surface area contributed by atoms with Gasteiger partial charge in [-0.2, -0.15) is 5.26 Å². The number of hydrogen-bond donors (Lipinski definition) is 1. The van der Waals surface area contributed by atoms with Crippen LogP contribution in [0, 0.1) is 28.6 Å². The molecule has 3 nitrogen and oxygen atoms in total. The van der Waals surface area contributed by atoms with Gasteiger partial charge in [-0.15, -0.1) is 0 Å². The standard InChI is InChI=1S/C9H10ClNO2/c1-9(2)6(3-5(10)4-11)7(9)8(12)13/h3,6-7H,1-2H3,(H,12,13)/b5-3-/t6-,7-/m0/s1. The molecule has 4 heteroatoms. The highest BCUT2D eigenvalue weighted by molar-refractivity contribution is 6.31. The summed E-state index contributed by atoms with van der Waals surface area (Å²) >= 11 is 5.50. The molecular weight excluding hydrogens is 190 g/mol. The molecule has 0 amide bonds. The molecule has 70 valence electrons. The Hall–Kier alpha value is -1.01. The largest absolute Gasteiger partial charge is 0.481 e. The SMILES string of the molecule is CC1(C)[C@H](C(=O)O)[C@@H]1/C=C(\Cl)C#N. The third-order valence-electron chi connectivity index (χ3n) is 2.61. The van der Waals surface area contributed by atoms with Crippen molar-refractivity contribution in [1.29, 1.82) is 5.26 Å². The second-order valence-electron chi connectivity index (χ2n) is 3.79. The van der Waals surface area contributed by atoms with Gasteiger partial charge in [0.15, 0.2) is 0 Å². The fourth-order valence-electron chi connectivity index (χ4n) is 1.66. The van der Waals surface area contributed by atoms with Crippen LogP contribution in [0.5, 0.6) is 0 Å².